The van der Waals surface area contributed by atoms with Crippen LogP contribution in [-0.4, -0.2) is 18.1 Å². The van der Waals surface area contributed by atoms with E-state index in [1.54, 1.807) is 0 Å². The second-order valence-corrected chi connectivity index (χ2v) is 4.52. The minimum atomic E-state index is -0.168. The number of carbonyl (C=O) groups is 1. The maximum Gasteiger partial charge on any atom is 0.319 e. The Balaban J connectivity index is 1.84. The van der Waals surface area contributed by atoms with E-state index < -0.39 is 0 Å². The Bertz CT molecular complexity index is 366. The molecule has 0 aliphatic heterocycles. The predicted octanol–water partition coefficient (Wildman–Crippen LogP) is 2.08. The molecule has 0 aromatic heterocycles. The number of hydrogen-bond donors (Lipinski definition) is 3. The van der Waals surface area contributed by atoms with E-state index in [0.29, 0.717) is 0 Å². The number of nitrogens with two attached hydrogens (primary N) is 1. The quantitative estimate of drug-likeness (QED) is 0.732. The van der Waals surface area contributed by atoms with Crippen molar-refractivity contribution in [3.8, 4) is 0 Å². The monoisotopic (exact) mass is 233 g/mol. The van der Waals surface area contributed by atoms with E-state index in [9.17, 15) is 4.79 Å². The summed E-state index contributed by atoms with van der Waals surface area (Å²) in [5.41, 5.74) is 6.78. The first-order valence-electron chi connectivity index (χ1n) is 6.14. The highest BCUT2D eigenvalue weighted by atomic mass is 16.2. The minimum absolute atomic E-state index is 0.0882. The summed E-state index contributed by atoms with van der Waals surface area (Å²) in [6.45, 7) is 0. The summed E-state index contributed by atoms with van der Waals surface area (Å²) in [6.07, 6.45) is 4.28. The third-order valence-corrected chi connectivity index (χ3v) is 3.17. The van der Waals surface area contributed by atoms with E-state index in [4.69, 9.17) is 5.73 Å². The average Bonchev–Trinajstić information content (AvgIpc) is 2.33. The zero-order valence-electron chi connectivity index (χ0n) is 9.86. The molecule has 0 saturated heterocycles. The van der Waals surface area contributed by atoms with Gasteiger partial charge in [-0.2, -0.15) is 0 Å². The molecule has 92 valence electrons. The molecule has 2 amide bonds. The van der Waals surface area contributed by atoms with Crippen molar-refractivity contribution in [1.82, 2.24) is 5.32 Å². The smallest absolute Gasteiger partial charge is 0.319 e. The van der Waals surface area contributed by atoms with Crippen LogP contribution in [0.5, 0.6) is 0 Å². The summed E-state index contributed by atoms with van der Waals surface area (Å²) in [5.74, 6) is 0. The first kappa shape index (κ1) is 11.9. The molecule has 1 fully saturated rings. The molecule has 4 nitrogen and oxygen atoms in total. The molecule has 0 radical (unpaired) electrons. The highest BCUT2D eigenvalue weighted by Crippen LogP contribution is 2.17. The van der Waals surface area contributed by atoms with Crippen LogP contribution in [0.25, 0.3) is 0 Å². The number of anilines is 1. The number of rotatable bonds is 2. The minimum Gasteiger partial charge on any atom is -0.334 e. The van der Waals surface area contributed by atoms with Gasteiger partial charge in [-0.15, -0.1) is 0 Å². The Morgan fingerprint density at radius 2 is 1.88 bits per heavy atom. The fourth-order valence-electron chi connectivity index (χ4n) is 2.20. The summed E-state index contributed by atoms with van der Waals surface area (Å²) in [7, 11) is 0. The van der Waals surface area contributed by atoms with Crippen LogP contribution in [0.3, 0.4) is 0 Å². The number of benzene rings is 1. The molecule has 2 atom stereocenters. The average molecular weight is 233 g/mol. The fraction of sp³-hybridized carbons (Fsp3) is 0.462. The van der Waals surface area contributed by atoms with Crippen LogP contribution in [0.2, 0.25) is 0 Å². The first-order valence-corrected chi connectivity index (χ1v) is 6.14. The summed E-state index contributed by atoms with van der Waals surface area (Å²) in [6, 6.07) is 9.45. The van der Waals surface area contributed by atoms with E-state index in [2.05, 4.69) is 10.6 Å². The van der Waals surface area contributed by atoms with Crippen LogP contribution < -0.4 is 16.4 Å². The molecule has 0 bridgehead atoms. The van der Waals surface area contributed by atoms with Crippen molar-refractivity contribution in [3.63, 3.8) is 0 Å². The van der Waals surface area contributed by atoms with Crippen LogP contribution in [0.1, 0.15) is 25.7 Å². The lowest BCUT2D eigenvalue weighted by Gasteiger charge is -2.29. The molecule has 1 aromatic rings. The number of urea groups is 1. The van der Waals surface area contributed by atoms with E-state index in [0.717, 1.165) is 24.9 Å². The van der Waals surface area contributed by atoms with E-state index in [-0.39, 0.29) is 18.1 Å². The second-order valence-electron chi connectivity index (χ2n) is 4.52. The maximum absolute atomic E-state index is 11.7. The van der Waals surface area contributed by atoms with Gasteiger partial charge in [0.1, 0.15) is 0 Å². The van der Waals surface area contributed by atoms with Gasteiger partial charge in [-0.05, 0) is 25.0 Å². The zero-order chi connectivity index (χ0) is 12.1. The van der Waals surface area contributed by atoms with Crippen LogP contribution >= 0.6 is 0 Å². The Labute approximate surface area is 102 Å². The first-order chi connectivity index (χ1) is 8.25. The molecule has 1 aliphatic carbocycles. The van der Waals surface area contributed by atoms with Crippen molar-refractivity contribution in [2.75, 3.05) is 5.32 Å². The Morgan fingerprint density at radius 3 is 2.59 bits per heavy atom. The topological polar surface area (TPSA) is 67.1 Å². The normalized spacial score (nSPS) is 24.1. The molecule has 1 aliphatic rings. The Kier molecular flexibility index (Phi) is 3.98. The summed E-state index contributed by atoms with van der Waals surface area (Å²) < 4.78 is 0. The number of para-hydroxylation sites is 1. The summed E-state index contributed by atoms with van der Waals surface area (Å²) in [4.78, 5) is 11.7. The van der Waals surface area contributed by atoms with Gasteiger partial charge in [-0.3, -0.25) is 0 Å². The summed E-state index contributed by atoms with van der Waals surface area (Å²) >= 11 is 0. The Hall–Kier alpha value is -1.55. The Morgan fingerprint density at radius 1 is 1.18 bits per heavy atom. The van der Waals surface area contributed by atoms with Crippen molar-refractivity contribution >= 4 is 11.7 Å². The van der Waals surface area contributed by atoms with E-state index in [1.165, 1.54) is 6.42 Å². The standard InChI is InChI=1S/C13H19N3O/c14-11-8-4-5-9-12(11)16-13(17)15-10-6-2-1-3-7-10/h1-3,6-7,11-12H,4-5,8-9,14H2,(H2,15,16,17). The van der Waals surface area contributed by atoms with Gasteiger partial charge >= 0.3 is 6.03 Å². The van der Waals surface area contributed by atoms with Crippen molar-refractivity contribution in [1.29, 1.82) is 0 Å². The molecule has 0 spiro atoms. The molecular formula is C13H19N3O. The van der Waals surface area contributed by atoms with Crippen molar-refractivity contribution in [2.45, 2.75) is 37.8 Å². The molecule has 17 heavy (non-hydrogen) atoms. The molecule has 2 rings (SSSR count). The molecule has 4 heteroatoms. The van der Waals surface area contributed by atoms with Gasteiger partial charge in [0.05, 0.1) is 0 Å². The predicted molar refractivity (Wildman–Crippen MR) is 68.8 cm³/mol. The van der Waals surface area contributed by atoms with Crippen molar-refractivity contribution < 1.29 is 4.79 Å². The summed E-state index contributed by atoms with van der Waals surface area (Å²) in [5, 5.41) is 5.75. The SMILES string of the molecule is NC1CCCCC1NC(=O)Nc1ccccc1. The highest BCUT2D eigenvalue weighted by molar-refractivity contribution is 5.89. The second kappa shape index (κ2) is 5.68. The third-order valence-electron chi connectivity index (χ3n) is 3.17. The third kappa shape index (κ3) is 3.46. The molecule has 1 saturated carbocycles. The zero-order valence-corrected chi connectivity index (χ0v) is 9.86. The number of nitrogens with one attached hydrogen (secondary N) is 2. The van der Waals surface area contributed by atoms with Gasteiger partial charge in [0, 0.05) is 17.8 Å². The largest absolute Gasteiger partial charge is 0.334 e. The van der Waals surface area contributed by atoms with Gasteiger partial charge in [0.15, 0.2) is 0 Å². The fourth-order valence-corrected chi connectivity index (χ4v) is 2.20. The number of hydrogen-bond acceptors (Lipinski definition) is 2. The van der Waals surface area contributed by atoms with Gasteiger partial charge in [0.25, 0.3) is 0 Å². The van der Waals surface area contributed by atoms with Gasteiger partial charge in [-0.25, -0.2) is 4.79 Å². The lowest BCUT2D eigenvalue weighted by molar-refractivity contribution is 0.240. The highest BCUT2D eigenvalue weighted by Gasteiger charge is 2.23. The van der Waals surface area contributed by atoms with E-state index >= 15 is 0 Å². The van der Waals surface area contributed by atoms with Crippen LogP contribution in [0.15, 0.2) is 30.3 Å². The number of carbonyl (C=O) groups excluding carboxylic acids is 1. The van der Waals surface area contributed by atoms with Crippen LogP contribution in [-0.2, 0) is 0 Å². The number of amides is 2. The van der Waals surface area contributed by atoms with Crippen molar-refractivity contribution in [3.05, 3.63) is 30.3 Å². The van der Waals surface area contributed by atoms with Gasteiger partial charge < -0.3 is 16.4 Å². The lowest BCUT2D eigenvalue weighted by atomic mass is 9.91. The van der Waals surface area contributed by atoms with Crippen LogP contribution in [0.4, 0.5) is 10.5 Å². The molecule has 0 heterocycles. The van der Waals surface area contributed by atoms with E-state index in [1.807, 2.05) is 30.3 Å². The van der Waals surface area contributed by atoms with Crippen LogP contribution in [0, 0.1) is 0 Å². The van der Waals surface area contributed by atoms with Gasteiger partial charge in [0.2, 0.25) is 0 Å². The van der Waals surface area contributed by atoms with Gasteiger partial charge in [-0.1, -0.05) is 31.0 Å². The lowest BCUT2D eigenvalue weighted by Crippen LogP contribution is -2.50. The molecular weight excluding hydrogens is 214 g/mol. The molecule has 2 unspecified atom stereocenters. The molecule has 4 N–H and O–H groups in total. The van der Waals surface area contributed by atoms with Crippen molar-refractivity contribution in [2.24, 2.45) is 5.73 Å². The molecule has 1 aromatic carbocycles. The maximum atomic E-state index is 11.7.